The van der Waals surface area contributed by atoms with Gasteiger partial charge in [0.25, 0.3) is 5.91 Å². The number of hydrogen-bond donors (Lipinski definition) is 1. The second kappa shape index (κ2) is 9.56. The molecule has 4 rings (SSSR count). The van der Waals surface area contributed by atoms with Crippen molar-refractivity contribution in [3.05, 3.63) is 47.4 Å². The molecule has 0 atom stereocenters. The van der Waals surface area contributed by atoms with E-state index in [1.54, 1.807) is 11.1 Å². The van der Waals surface area contributed by atoms with Crippen LogP contribution in [0.15, 0.2) is 30.5 Å². The highest BCUT2D eigenvalue weighted by Gasteiger charge is 2.24. The summed E-state index contributed by atoms with van der Waals surface area (Å²) in [6, 6.07) is 8.38. The molecule has 31 heavy (non-hydrogen) atoms. The average molecular weight is 424 g/mol. The molecular weight excluding hydrogens is 394 g/mol. The molecule has 1 saturated heterocycles. The van der Waals surface area contributed by atoms with E-state index >= 15 is 0 Å². The average Bonchev–Trinajstić information content (AvgIpc) is 2.80. The number of ether oxygens (including phenoxy) is 1. The SMILES string of the molecule is Cc1ncc(C(=O)N2CCOCC2)nc1-c1ccc(C2CCC(CC(=O)O)CC2)cc1. The molecule has 1 aliphatic carbocycles. The van der Waals surface area contributed by atoms with Crippen molar-refractivity contribution in [1.29, 1.82) is 0 Å². The topological polar surface area (TPSA) is 92.6 Å². The quantitative estimate of drug-likeness (QED) is 0.789. The monoisotopic (exact) mass is 423 g/mol. The number of carbonyl (C=O) groups excluding carboxylic acids is 1. The van der Waals surface area contributed by atoms with Crippen LogP contribution in [0.25, 0.3) is 11.3 Å². The summed E-state index contributed by atoms with van der Waals surface area (Å²) in [5.74, 6) is -0.0244. The van der Waals surface area contributed by atoms with Crippen molar-refractivity contribution >= 4 is 11.9 Å². The fourth-order valence-corrected chi connectivity index (χ4v) is 4.61. The predicted octanol–water partition coefficient (Wildman–Crippen LogP) is 3.67. The lowest BCUT2D eigenvalue weighted by Crippen LogP contribution is -2.41. The van der Waals surface area contributed by atoms with E-state index in [9.17, 15) is 9.59 Å². The van der Waals surface area contributed by atoms with Gasteiger partial charge in [0.15, 0.2) is 0 Å². The van der Waals surface area contributed by atoms with Gasteiger partial charge < -0.3 is 14.7 Å². The first-order valence-corrected chi connectivity index (χ1v) is 11.0. The highest BCUT2D eigenvalue weighted by molar-refractivity contribution is 5.92. The molecule has 0 bridgehead atoms. The zero-order chi connectivity index (χ0) is 21.8. The van der Waals surface area contributed by atoms with Gasteiger partial charge in [-0.25, -0.2) is 4.98 Å². The Morgan fingerprint density at radius 3 is 2.42 bits per heavy atom. The summed E-state index contributed by atoms with van der Waals surface area (Å²) >= 11 is 0. The molecule has 7 heteroatoms. The first kappa shape index (κ1) is 21.4. The van der Waals surface area contributed by atoms with Crippen LogP contribution >= 0.6 is 0 Å². The van der Waals surface area contributed by atoms with Crippen molar-refractivity contribution in [2.24, 2.45) is 5.92 Å². The summed E-state index contributed by atoms with van der Waals surface area (Å²) in [4.78, 5) is 34.5. The Hall–Kier alpha value is -2.80. The molecule has 2 aliphatic rings. The number of morpholine rings is 1. The van der Waals surface area contributed by atoms with Gasteiger partial charge in [0.2, 0.25) is 0 Å². The van der Waals surface area contributed by atoms with Crippen molar-refractivity contribution in [2.45, 2.75) is 44.9 Å². The van der Waals surface area contributed by atoms with Crippen molar-refractivity contribution in [3.63, 3.8) is 0 Å². The molecule has 1 aliphatic heterocycles. The van der Waals surface area contributed by atoms with Gasteiger partial charge in [-0.2, -0.15) is 0 Å². The largest absolute Gasteiger partial charge is 0.481 e. The number of carboxylic acids is 1. The van der Waals surface area contributed by atoms with E-state index in [0.29, 0.717) is 43.8 Å². The summed E-state index contributed by atoms with van der Waals surface area (Å²) < 4.78 is 5.33. The van der Waals surface area contributed by atoms with Crippen LogP contribution in [0.5, 0.6) is 0 Å². The highest BCUT2D eigenvalue weighted by atomic mass is 16.5. The Balaban J connectivity index is 1.46. The van der Waals surface area contributed by atoms with E-state index < -0.39 is 5.97 Å². The first-order valence-electron chi connectivity index (χ1n) is 11.0. The first-order chi connectivity index (χ1) is 15.0. The van der Waals surface area contributed by atoms with E-state index in [1.165, 1.54) is 5.56 Å². The van der Waals surface area contributed by atoms with Crippen LogP contribution in [0, 0.1) is 12.8 Å². The third-order valence-electron chi connectivity index (χ3n) is 6.44. The van der Waals surface area contributed by atoms with Crippen LogP contribution in [0.2, 0.25) is 0 Å². The molecule has 1 aromatic carbocycles. The Morgan fingerprint density at radius 2 is 1.77 bits per heavy atom. The molecule has 1 aromatic heterocycles. The van der Waals surface area contributed by atoms with Gasteiger partial charge in [-0.1, -0.05) is 24.3 Å². The lowest BCUT2D eigenvalue weighted by molar-refractivity contribution is -0.138. The Labute approximate surface area is 182 Å². The van der Waals surface area contributed by atoms with Crippen molar-refractivity contribution in [1.82, 2.24) is 14.9 Å². The number of aromatic nitrogens is 2. The summed E-state index contributed by atoms with van der Waals surface area (Å²) in [5.41, 5.74) is 4.12. The van der Waals surface area contributed by atoms with Gasteiger partial charge >= 0.3 is 5.97 Å². The number of carbonyl (C=O) groups is 2. The third kappa shape index (κ3) is 5.10. The van der Waals surface area contributed by atoms with Crippen molar-refractivity contribution in [2.75, 3.05) is 26.3 Å². The van der Waals surface area contributed by atoms with Crippen LogP contribution in [0.1, 0.15) is 59.8 Å². The van der Waals surface area contributed by atoms with E-state index in [4.69, 9.17) is 9.84 Å². The molecule has 0 spiro atoms. The van der Waals surface area contributed by atoms with Gasteiger partial charge in [-0.15, -0.1) is 0 Å². The maximum absolute atomic E-state index is 12.8. The number of aliphatic carboxylic acids is 1. The summed E-state index contributed by atoms with van der Waals surface area (Å²) in [6.07, 6.45) is 5.83. The number of benzene rings is 1. The Bertz CT molecular complexity index is 930. The molecule has 1 saturated carbocycles. The number of carboxylic acid groups (broad SMARTS) is 1. The molecule has 7 nitrogen and oxygen atoms in total. The van der Waals surface area contributed by atoms with E-state index in [1.807, 2.05) is 6.92 Å². The number of hydrogen-bond acceptors (Lipinski definition) is 5. The van der Waals surface area contributed by atoms with Crippen LogP contribution in [-0.4, -0.2) is 58.2 Å². The molecule has 2 heterocycles. The fourth-order valence-electron chi connectivity index (χ4n) is 4.61. The third-order valence-corrected chi connectivity index (χ3v) is 6.44. The number of aryl methyl sites for hydroxylation is 1. The smallest absolute Gasteiger partial charge is 0.303 e. The normalized spacial score (nSPS) is 21.6. The minimum atomic E-state index is -0.696. The van der Waals surface area contributed by atoms with E-state index in [2.05, 4.69) is 34.2 Å². The van der Waals surface area contributed by atoms with Gasteiger partial charge in [-0.05, 0) is 50.0 Å². The van der Waals surface area contributed by atoms with Crippen LogP contribution in [-0.2, 0) is 9.53 Å². The molecule has 2 fully saturated rings. The number of rotatable bonds is 5. The minimum Gasteiger partial charge on any atom is -0.481 e. The highest BCUT2D eigenvalue weighted by Crippen LogP contribution is 2.37. The zero-order valence-corrected chi connectivity index (χ0v) is 17.9. The molecule has 0 radical (unpaired) electrons. The molecular formula is C24H29N3O4. The van der Waals surface area contributed by atoms with Gasteiger partial charge in [0.1, 0.15) is 5.69 Å². The summed E-state index contributed by atoms with van der Waals surface area (Å²) in [5, 5.41) is 9.00. The fraction of sp³-hybridized carbons (Fsp3) is 0.500. The van der Waals surface area contributed by atoms with Crippen LogP contribution in [0.4, 0.5) is 0 Å². The molecule has 2 aromatic rings. The van der Waals surface area contributed by atoms with Crippen LogP contribution in [0.3, 0.4) is 0 Å². The second-order valence-electron chi connectivity index (χ2n) is 8.53. The predicted molar refractivity (Wildman–Crippen MR) is 116 cm³/mol. The lowest BCUT2D eigenvalue weighted by atomic mass is 9.77. The molecule has 1 amide bonds. The maximum Gasteiger partial charge on any atom is 0.303 e. The lowest BCUT2D eigenvalue weighted by Gasteiger charge is -2.28. The maximum atomic E-state index is 12.8. The standard InChI is InChI=1S/C24H29N3O4/c1-16-23(26-21(15-25-16)24(30)27-10-12-31-13-11-27)20-8-6-19(7-9-20)18-4-2-17(3-5-18)14-22(28)29/h6-9,15,17-18H,2-5,10-14H2,1H3,(H,28,29). The Kier molecular flexibility index (Phi) is 6.61. The minimum absolute atomic E-state index is 0.105. The van der Waals surface area contributed by atoms with Gasteiger partial charge in [0.05, 0.1) is 30.8 Å². The zero-order valence-electron chi connectivity index (χ0n) is 17.9. The number of nitrogens with zero attached hydrogens (tertiary/aromatic N) is 3. The second-order valence-corrected chi connectivity index (χ2v) is 8.53. The summed E-state index contributed by atoms with van der Waals surface area (Å²) in [6.45, 7) is 4.17. The molecule has 0 unspecified atom stereocenters. The summed E-state index contributed by atoms with van der Waals surface area (Å²) in [7, 11) is 0. The molecule has 1 N–H and O–H groups in total. The van der Waals surface area contributed by atoms with Gasteiger partial charge in [-0.3, -0.25) is 14.6 Å². The van der Waals surface area contributed by atoms with Crippen molar-refractivity contribution in [3.8, 4) is 11.3 Å². The number of amides is 1. The van der Waals surface area contributed by atoms with Crippen LogP contribution < -0.4 is 0 Å². The Morgan fingerprint density at radius 1 is 1.10 bits per heavy atom. The van der Waals surface area contributed by atoms with E-state index in [-0.39, 0.29) is 12.3 Å². The van der Waals surface area contributed by atoms with Crippen molar-refractivity contribution < 1.29 is 19.4 Å². The molecule has 164 valence electrons. The van der Waals surface area contributed by atoms with E-state index in [0.717, 1.165) is 42.6 Å². The van der Waals surface area contributed by atoms with Gasteiger partial charge in [0, 0.05) is 25.1 Å².